The van der Waals surface area contributed by atoms with Crippen molar-refractivity contribution in [3.8, 4) is 0 Å². The summed E-state index contributed by atoms with van der Waals surface area (Å²) in [4.78, 5) is 24.8. The SMILES string of the molecule is Cc1c(C(N)=O)sc(N2CCOCC2)c1C(=O)O. The molecule has 0 aliphatic carbocycles. The molecule has 98 valence electrons. The number of rotatable bonds is 3. The molecule has 0 bridgehead atoms. The van der Waals surface area contributed by atoms with Gasteiger partial charge in [0.2, 0.25) is 0 Å². The third-order valence-electron chi connectivity index (χ3n) is 2.86. The molecule has 1 aliphatic heterocycles. The molecule has 1 amide bonds. The van der Waals surface area contributed by atoms with E-state index in [1.54, 1.807) is 6.92 Å². The van der Waals surface area contributed by atoms with Crippen molar-refractivity contribution >= 4 is 28.2 Å². The highest BCUT2D eigenvalue weighted by atomic mass is 32.1. The van der Waals surface area contributed by atoms with E-state index in [4.69, 9.17) is 10.5 Å². The Kier molecular flexibility index (Phi) is 3.53. The average molecular weight is 270 g/mol. The number of amides is 1. The van der Waals surface area contributed by atoms with Gasteiger partial charge in [0.05, 0.1) is 23.7 Å². The number of primary amides is 1. The van der Waals surface area contributed by atoms with E-state index in [0.717, 1.165) is 11.3 Å². The second kappa shape index (κ2) is 4.95. The van der Waals surface area contributed by atoms with Crippen LogP contribution in [0.25, 0.3) is 0 Å². The molecule has 1 saturated heterocycles. The number of anilines is 1. The fourth-order valence-electron chi connectivity index (χ4n) is 1.97. The van der Waals surface area contributed by atoms with Crippen LogP contribution >= 0.6 is 11.3 Å². The zero-order valence-electron chi connectivity index (χ0n) is 9.93. The minimum absolute atomic E-state index is 0.177. The topological polar surface area (TPSA) is 92.9 Å². The number of nitrogens with zero attached hydrogens (tertiary/aromatic N) is 1. The maximum absolute atomic E-state index is 11.3. The van der Waals surface area contributed by atoms with Crippen molar-refractivity contribution in [3.05, 3.63) is 16.0 Å². The molecule has 1 aromatic heterocycles. The van der Waals surface area contributed by atoms with Crippen molar-refractivity contribution in [3.63, 3.8) is 0 Å². The predicted molar refractivity (Wildman–Crippen MR) is 67.6 cm³/mol. The molecule has 18 heavy (non-hydrogen) atoms. The minimum Gasteiger partial charge on any atom is -0.478 e. The largest absolute Gasteiger partial charge is 0.478 e. The standard InChI is InChI=1S/C11H14N2O4S/c1-6-7(11(15)16)10(18-8(6)9(12)14)13-2-4-17-5-3-13/h2-5H2,1H3,(H2,12,14)(H,15,16). The van der Waals surface area contributed by atoms with Gasteiger partial charge < -0.3 is 20.5 Å². The van der Waals surface area contributed by atoms with E-state index in [0.29, 0.717) is 41.7 Å². The van der Waals surface area contributed by atoms with E-state index in [1.807, 2.05) is 4.90 Å². The molecule has 1 aromatic rings. The van der Waals surface area contributed by atoms with Crippen LogP contribution in [0.3, 0.4) is 0 Å². The second-order valence-corrected chi connectivity index (χ2v) is 5.00. The number of carbonyl (C=O) groups is 2. The first-order valence-electron chi connectivity index (χ1n) is 5.51. The molecule has 0 atom stereocenters. The Bertz CT molecular complexity index is 491. The molecule has 0 spiro atoms. The van der Waals surface area contributed by atoms with Crippen LogP contribution in [0.1, 0.15) is 25.6 Å². The van der Waals surface area contributed by atoms with Crippen molar-refractivity contribution in [2.24, 2.45) is 5.73 Å². The number of ether oxygens (including phenoxy) is 1. The summed E-state index contributed by atoms with van der Waals surface area (Å²) in [6.45, 7) is 3.98. The first-order valence-corrected chi connectivity index (χ1v) is 6.33. The molecule has 1 fully saturated rings. The van der Waals surface area contributed by atoms with Crippen LogP contribution in [0.5, 0.6) is 0 Å². The molecule has 7 heteroatoms. The number of carboxylic acids is 1. The minimum atomic E-state index is -1.03. The van der Waals surface area contributed by atoms with E-state index >= 15 is 0 Å². The number of thiophene rings is 1. The Morgan fingerprint density at radius 3 is 2.50 bits per heavy atom. The zero-order chi connectivity index (χ0) is 13.3. The molecule has 1 aliphatic rings. The molecular formula is C11H14N2O4S. The van der Waals surface area contributed by atoms with Gasteiger partial charge in [0.15, 0.2) is 0 Å². The second-order valence-electron chi connectivity index (χ2n) is 4.01. The molecule has 0 unspecified atom stereocenters. The summed E-state index contributed by atoms with van der Waals surface area (Å²) in [6.07, 6.45) is 0. The lowest BCUT2D eigenvalue weighted by Crippen LogP contribution is -2.36. The fourth-order valence-corrected chi connectivity index (χ4v) is 3.18. The Morgan fingerprint density at radius 1 is 1.39 bits per heavy atom. The van der Waals surface area contributed by atoms with Crippen LogP contribution < -0.4 is 10.6 Å². The van der Waals surface area contributed by atoms with Gasteiger partial charge in [-0.2, -0.15) is 0 Å². The van der Waals surface area contributed by atoms with E-state index in [2.05, 4.69) is 0 Å². The third kappa shape index (κ3) is 2.19. The van der Waals surface area contributed by atoms with Gasteiger partial charge in [0.25, 0.3) is 5.91 Å². The van der Waals surface area contributed by atoms with Crippen molar-refractivity contribution in [2.75, 3.05) is 31.2 Å². The first-order chi connectivity index (χ1) is 8.52. The number of nitrogens with two attached hydrogens (primary N) is 1. The van der Waals surface area contributed by atoms with Gasteiger partial charge in [0, 0.05) is 13.1 Å². The Hall–Kier alpha value is -1.60. The van der Waals surface area contributed by atoms with Crippen LogP contribution in [0.2, 0.25) is 0 Å². The fraction of sp³-hybridized carbons (Fsp3) is 0.455. The monoisotopic (exact) mass is 270 g/mol. The van der Waals surface area contributed by atoms with Gasteiger partial charge in [-0.25, -0.2) is 4.79 Å². The molecule has 3 N–H and O–H groups in total. The van der Waals surface area contributed by atoms with Crippen LogP contribution in [-0.2, 0) is 4.74 Å². The summed E-state index contributed by atoms with van der Waals surface area (Å²) in [5.41, 5.74) is 5.88. The average Bonchev–Trinajstić information content (AvgIpc) is 2.68. The zero-order valence-corrected chi connectivity index (χ0v) is 10.7. The van der Waals surface area contributed by atoms with Crippen molar-refractivity contribution in [2.45, 2.75) is 6.92 Å². The highest BCUT2D eigenvalue weighted by Gasteiger charge is 2.27. The third-order valence-corrected chi connectivity index (χ3v) is 4.23. The van der Waals surface area contributed by atoms with E-state index < -0.39 is 11.9 Å². The normalized spacial score (nSPS) is 15.7. The maximum Gasteiger partial charge on any atom is 0.339 e. The van der Waals surface area contributed by atoms with Crippen molar-refractivity contribution < 1.29 is 19.4 Å². The van der Waals surface area contributed by atoms with Crippen molar-refractivity contribution in [1.29, 1.82) is 0 Å². The number of carboxylic acid groups (broad SMARTS) is 1. The molecule has 0 aromatic carbocycles. The van der Waals surface area contributed by atoms with Gasteiger partial charge in [-0.05, 0) is 12.5 Å². The lowest BCUT2D eigenvalue weighted by Gasteiger charge is -2.28. The van der Waals surface area contributed by atoms with Crippen LogP contribution in [0, 0.1) is 6.92 Å². The lowest BCUT2D eigenvalue weighted by atomic mass is 10.1. The van der Waals surface area contributed by atoms with E-state index in [9.17, 15) is 14.7 Å². The highest BCUT2D eigenvalue weighted by Crippen LogP contribution is 2.36. The summed E-state index contributed by atoms with van der Waals surface area (Å²) >= 11 is 1.14. The van der Waals surface area contributed by atoms with Gasteiger partial charge in [0.1, 0.15) is 5.00 Å². The number of carbonyl (C=O) groups excluding carboxylic acids is 1. The van der Waals surface area contributed by atoms with Crippen molar-refractivity contribution in [1.82, 2.24) is 0 Å². The molecule has 2 rings (SSSR count). The Labute approximate surface area is 108 Å². The Balaban J connectivity index is 2.47. The number of hydrogen-bond acceptors (Lipinski definition) is 5. The summed E-state index contributed by atoms with van der Waals surface area (Å²) in [5.74, 6) is -1.61. The number of morpholine rings is 1. The molecule has 2 heterocycles. The van der Waals surface area contributed by atoms with E-state index in [1.165, 1.54) is 0 Å². The molecule has 0 saturated carbocycles. The number of aromatic carboxylic acids is 1. The first kappa shape index (κ1) is 12.8. The lowest BCUT2D eigenvalue weighted by molar-refractivity contribution is 0.0696. The van der Waals surface area contributed by atoms with Gasteiger partial charge >= 0.3 is 5.97 Å². The van der Waals surface area contributed by atoms with Crippen LogP contribution in [0.4, 0.5) is 5.00 Å². The van der Waals surface area contributed by atoms with E-state index in [-0.39, 0.29) is 5.56 Å². The smallest absolute Gasteiger partial charge is 0.339 e. The summed E-state index contributed by atoms with van der Waals surface area (Å²) in [6, 6.07) is 0. The molecule has 6 nitrogen and oxygen atoms in total. The maximum atomic E-state index is 11.3. The van der Waals surface area contributed by atoms with Crippen LogP contribution in [0.15, 0.2) is 0 Å². The predicted octanol–water partition coefficient (Wildman–Crippen LogP) is 0.690. The summed E-state index contributed by atoms with van der Waals surface area (Å²) in [5, 5.41) is 9.86. The van der Waals surface area contributed by atoms with Gasteiger partial charge in [-0.15, -0.1) is 11.3 Å². The highest BCUT2D eigenvalue weighted by molar-refractivity contribution is 7.18. The summed E-state index contributed by atoms with van der Waals surface area (Å²) in [7, 11) is 0. The number of hydrogen-bond donors (Lipinski definition) is 2. The summed E-state index contributed by atoms with van der Waals surface area (Å²) < 4.78 is 5.23. The van der Waals surface area contributed by atoms with Gasteiger partial charge in [-0.1, -0.05) is 0 Å². The Morgan fingerprint density at radius 2 is 2.00 bits per heavy atom. The quantitative estimate of drug-likeness (QED) is 0.843. The molecular weight excluding hydrogens is 256 g/mol. The molecule has 0 radical (unpaired) electrons. The van der Waals surface area contributed by atoms with Gasteiger partial charge in [-0.3, -0.25) is 4.79 Å². The van der Waals surface area contributed by atoms with Crippen LogP contribution in [-0.4, -0.2) is 43.3 Å².